The first-order chi connectivity index (χ1) is 6.29. The van der Waals surface area contributed by atoms with E-state index in [-0.39, 0.29) is 5.92 Å². The first-order valence-electron chi connectivity index (χ1n) is 4.43. The van der Waals surface area contributed by atoms with Crippen LogP contribution in [0.25, 0.3) is 0 Å². The molecule has 0 unspecified atom stereocenters. The van der Waals surface area contributed by atoms with Crippen molar-refractivity contribution < 1.29 is 8.78 Å². The van der Waals surface area contributed by atoms with Gasteiger partial charge in [0.25, 0.3) is 0 Å². The molecule has 1 N–H and O–H groups in total. The average Bonchev–Trinajstić information content (AvgIpc) is 2.62. The maximum absolute atomic E-state index is 13.3. The van der Waals surface area contributed by atoms with Crippen molar-refractivity contribution in [3.05, 3.63) is 35.4 Å². The van der Waals surface area contributed by atoms with Crippen LogP contribution >= 0.6 is 0 Å². The van der Waals surface area contributed by atoms with Gasteiger partial charge in [0, 0.05) is 12.5 Å². The molecule has 70 valence electrons. The lowest BCUT2D eigenvalue weighted by Crippen LogP contribution is -2.09. The molecular formula is C10H11F2N. The first-order valence-corrected chi connectivity index (χ1v) is 4.43. The summed E-state index contributed by atoms with van der Waals surface area (Å²) in [5, 5.41) is 3.13. The molecule has 0 bridgehead atoms. The highest BCUT2D eigenvalue weighted by atomic mass is 19.2. The SMILES string of the molecule is Fc1cccc([C@H]2CCNC2)c1F. The number of hydrogen-bond donors (Lipinski definition) is 1. The van der Waals surface area contributed by atoms with E-state index in [0.717, 1.165) is 25.6 Å². The molecule has 3 heteroatoms. The summed E-state index contributed by atoms with van der Waals surface area (Å²) in [7, 11) is 0. The summed E-state index contributed by atoms with van der Waals surface area (Å²) in [5.41, 5.74) is 0.505. The van der Waals surface area contributed by atoms with E-state index >= 15 is 0 Å². The predicted octanol–water partition coefficient (Wildman–Crippen LogP) is 2.04. The Labute approximate surface area is 75.8 Å². The van der Waals surface area contributed by atoms with Crippen molar-refractivity contribution in [1.29, 1.82) is 0 Å². The molecule has 0 saturated carbocycles. The molecule has 1 aromatic carbocycles. The Morgan fingerprint density at radius 1 is 1.31 bits per heavy atom. The predicted molar refractivity (Wildman–Crippen MR) is 46.6 cm³/mol. The van der Waals surface area contributed by atoms with Crippen LogP contribution in [0, 0.1) is 11.6 Å². The van der Waals surface area contributed by atoms with Crippen molar-refractivity contribution in [2.24, 2.45) is 0 Å². The normalized spacial score (nSPS) is 22.2. The maximum Gasteiger partial charge on any atom is 0.162 e. The smallest absolute Gasteiger partial charge is 0.162 e. The third kappa shape index (κ3) is 1.56. The Bertz CT molecular complexity index is 306. The topological polar surface area (TPSA) is 12.0 Å². The van der Waals surface area contributed by atoms with Gasteiger partial charge in [-0.2, -0.15) is 0 Å². The zero-order chi connectivity index (χ0) is 9.26. The highest BCUT2D eigenvalue weighted by Gasteiger charge is 2.21. The molecule has 1 fully saturated rings. The lowest BCUT2D eigenvalue weighted by atomic mass is 9.98. The molecule has 0 aliphatic carbocycles. The van der Waals surface area contributed by atoms with Crippen molar-refractivity contribution in [2.75, 3.05) is 13.1 Å². The summed E-state index contributed by atoms with van der Waals surface area (Å²) in [6, 6.07) is 4.38. The largest absolute Gasteiger partial charge is 0.316 e. The van der Waals surface area contributed by atoms with Gasteiger partial charge in [0.1, 0.15) is 0 Å². The molecule has 1 atom stereocenters. The summed E-state index contributed by atoms with van der Waals surface area (Å²) >= 11 is 0. The van der Waals surface area contributed by atoms with Crippen LogP contribution in [0.3, 0.4) is 0 Å². The molecular weight excluding hydrogens is 172 g/mol. The molecule has 0 aromatic heterocycles. The molecule has 2 rings (SSSR count). The van der Waals surface area contributed by atoms with Crippen LogP contribution in [0.4, 0.5) is 8.78 Å². The maximum atomic E-state index is 13.3. The lowest BCUT2D eigenvalue weighted by Gasteiger charge is -2.09. The summed E-state index contributed by atoms with van der Waals surface area (Å²) in [6.45, 7) is 1.64. The zero-order valence-electron chi connectivity index (χ0n) is 7.19. The molecule has 1 nitrogen and oxygen atoms in total. The van der Waals surface area contributed by atoms with Crippen LogP contribution in [0.2, 0.25) is 0 Å². The van der Waals surface area contributed by atoms with Crippen LogP contribution in [0.15, 0.2) is 18.2 Å². The Morgan fingerprint density at radius 3 is 2.85 bits per heavy atom. The van der Waals surface area contributed by atoms with Crippen molar-refractivity contribution in [3.8, 4) is 0 Å². The molecule has 13 heavy (non-hydrogen) atoms. The van der Waals surface area contributed by atoms with Gasteiger partial charge in [-0.25, -0.2) is 8.78 Å². The Balaban J connectivity index is 2.33. The van der Waals surface area contributed by atoms with E-state index < -0.39 is 11.6 Å². The average molecular weight is 183 g/mol. The van der Waals surface area contributed by atoms with Gasteiger partial charge in [-0.15, -0.1) is 0 Å². The quantitative estimate of drug-likeness (QED) is 0.702. The molecule has 1 aliphatic heterocycles. The highest BCUT2D eigenvalue weighted by Crippen LogP contribution is 2.25. The first kappa shape index (κ1) is 8.63. The van der Waals surface area contributed by atoms with Crippen molar-refractivity contribution >= 4 is 0 Å². The standard InChI is InChI=1S/C10H11F2N/c11-9-3-1-2-8(10(9)12)7-4-5-13-6-7/h1-3,7,13H,4-6H2/t7-/m0/s1. The van der Waals surface area contributed by atoms with E-state index in [1.54, 1.807) is 12.1 Å². The number of benzene rings is 1. The van der Waals surface area contributed by atoms with Crippen LogP contribution in [-0.4, -0.2) is 13.1 Å². The Kier molecular flexibility index (Phi) is 2.27. The lowest BCUT2D eigenvalue weighted by molar-refractivity contribution is 0.490. The van der Waals surface area contributed by atoms with Gasteiger partial charge in [0.15, 0.2) is 11.6 Å². The fourth-order valence-corrected chi connectivity index (χ4v) is 1.76. The van der Waals surface area contributed by atoms with Crippen molar-refractivity contribution in [1.82, 2.24) is 5.32 Å². The van der Waals surface area contributed by atoms with Gasteiger partial charge >= 0.3 is 0 Å². The van der Waals surface area contributed by atoms with Crippen LogP contribution in [0.5, 0.6) is 0 Å². The van der Waals surface area contributed by atoms with Gasteiger partial charge < -0.3 is 5.32 Å². The summed E-state index contributed by atoms with van der Waals surface area (Å²) in [4.78, 5) is 0. The minimum absolute atomic E-state index is 0.135. The number of hydrogen-bond acceptors (Lipinski definition) is 1. The van der Waals surface area contributed by atoms with E-state index in [1.807, 2.05) is 0 Å². The minimum atomic E-state index is -0.746. The Morgan fingerprint density at radius 2 is 2.15 bits per heavy atom. The third-order valence-corrected chi connectivity index (χ3v) is 2.48. The summed E-state index contributed by atoms with van der Waals surface area (Å²) in [6.07, 6.45) is 0.889. The fraction of sp³-hybridized carbons (Fsp3) is 0.400. The molecule has 0 amide bonds. The van der Waals surface area contributed by atoms with E-state index in [0.29, 0.717) is 5.56 Å². The second-order valence-electron chi connectivity index (χ2n) is 3.33. The number of rotatable bonds is 1. The molecule has 1 saturated heterocycles. The molecule has 0 spiro atoms. The van der Waals surface area contributed by atoms with E-state index in [4.69, 9.17) is 0 Å². The van der Waals surface area contributed by atoms with Gasteiger partial charge in [-0.05, 0) is 24.6 Å². The fourth-order valence-electron chi connectivity index (χ4n) is 1.76. The molecule has 1 aliphatic rings. The van der Waals surface area contributed by atoms with Crippen LogP contribution < -0.4 is 5.32 Å². The number of halogens is 2. The number of nitrogens with one attached hydrogen (secondary N) is 1. The van der Waals surface area contributed by atoms with E-state index in [2.05, 4.69) is 5.32 Å². The second-order valence-corrected chi connectivity index (χ2v) is 3.33. The van der Waals surface area contributed by atoms with Gasteiger partial charge in [-0.3, -0.25) is 0 Å². The molecule has 1 heterocycles. The Hall–Kier alpha value is -0.960. The van der Waals surface area contributed by atoms with Gasteiger partial charge in [0.2, 0.25) is 0 Å². The minimum Gasteiger partial charge on any atom is -0.316 e. The van der Waals surface area contributed by atoms with Crippen LogP contribution in [-0.2, 0) is 0 Å². The van der Waals surface area contributed by atoms with Crippen molar-refractivity contribution in [2.45, 2.75) is 12.3 Å². The van der Waals surface area contributed by atoms with Crippen molar-refractivity contribution in [3.63, 3.8) is 0 Å². The van der Waals surface area contributed by atoms with E-state index in [9.17, 15) is 8.78 Å². The molecule has 1 aromatic rings. The van der Waals surface area contributed by atoms with Gasteiger partial charge in [0.05, 0.1) is 0 Å². The van der Waals surface area contributed by atoms with Gasteiger partial charge in [-0.1, -0.05) is 12.1 Å². The van der Waals surface area contributed by atoms with Crippen LogP contribution in [0.1, 0.15) is 17.9 Å². The third-order valence-electron chi connectivity index (χ3n) is 2.48. The van der Waals surface area contributed by atoms with E-state index in [1.165, 1.54) is 0 Å². The highest BCUT2D eigenvalue weighted by molar-refractivity contribution is 5.24. The summed E-state index contributed by atoms with van der Waals surface area (Å²) < 4.78 is 26.1. The second kappa shape index (κ2) is 3.42. The monoisotopic (exact) mass is 183 g/mol. The summed E-state index contributed by atoms with van der Waals surface area (Å²) in [5.74, 6) is -1.30. The zero-order valence-corrected chi connectivity index (χ0v) is 7.19. The molecule has 0 radical (unpaired) electrons.